The maximum absolute atomic E-state index is 8.96. The van der Waals surface area contributed by atoms with Gasteiger partial charge in [-0.25, -0.2) is 0 Å². The van der Waals surface area contributed by atoms with Gasteiger partial charge in [0.25, 0.3) is 0 Å². The molecule has 0 saturated heterocycles. The zero-order valence-corrected chi connectivity index (χ0v) is 22.7. The van der Waals surface area contributed by atoms with Gasteiger partial charge in [-0.2, -0.15) is 0 Å². The molecule has 0 fully saturated rings. The topological polar surface area (TPSA) is 41.5 Å². The number of para-hydroxylation sites is 1. The second-order valence-corrected chi connectivity index (χ2v) is 13.1. The van der Waals surface area contributed by atoms with E-state index in [-0.39, 0.29) is 5.41 Å². The maximum atomic E-state index is 8.96. The zero-order valence-electron chi connectivity index (χ0n) is 21.5. The number of aliphatic hydroxyl groups is 1. The van der Waals surface area contributed by atoms with Crippen LogP contribution in [0.15, 0.2) is 54.1 Å². The van der Waals surface area contributed by atoms with Gasteiger partial charge in [-0.05, 0) is 79.5 Å². The molecule has 0 bridgehead atoms. The number of hydrogen-bond donors (Lipinski definition) is 2. The molecule has 0 spiro atoms. The Bertz CT molecular complexity index is 943. The molecule has 1 unspecified atom stereocenters. The van der Waals surface area contributed by atoms with Crippen LogP contribution in [0.2, 0.25) is 13.1 Å². The lowest BCUT2D eigenvalue weighted by Gasteiger charge is -2.46. The van der Waals surface area contributed by atoms with Crippen molar-refractivity contribution in [3.63, 3.8) is 0 Å². The van der Waals surface area contributed by atoms with E-state index >= 15 is 0 Å². The standard InChI is InChI=1S/C29H43NO2Si/c1-22-27(28(2,3)4)25-13-9-10-14-26(25)30-29(22,32-33(5)6)20-19-24-17-15-23(16-18-24)12-8-7-11-21-31/h9-10,13-18,30-31,33H,7-8,11-12,19-21H2,1-6H3. The van der Waals surface area contributed by atoms with Gasteiger partial charge in [0.2, 0.25) is 0 Å². The van der Waals surface area contributed by atoms with E-state index in [9.17, 15) is 0 Å². The Morgan fingerprint density at radius 1 is 0.909 bits per heavy atom. The van der Waals surface area contributed by atoms with E-state index in [1.807, 2.05) is 0 Å². The van der Waals surface area contributed by atoms with Gasteiger partial charge in [-0.3, -0.25) is 0 Å². The van der Waals surface area contributed by atoms with Crippen LogP contribution in [0.5, 0.6) is 0 Å². The highest BCUT2D eigenvalue weighted by Crippen LogP contribution is 2.48. The van der Waals surface area contributed by atoms with Gasteiger partial charge in [-0.1, -0.05) is 69.7 Å². The van der Waals surface area contributed by atoms with E-state index in [1.165, 1.54) is 33.5 Å². The molecule has 1 aliphatic rings. The molecule has 1 heterocycles. The zero-order chi connectivity index (χ0) is 24.1. The van der Waals surface area contributed by atoms with Crippen LogP contribution in [0.3, 0.4) is 0 Å². The normalized spacial score (nSPS) is 18.4. The Balaban J connectivity index is 1.85. The molecule has 2 N–H and O–H groups in total. The van der Waals surface area contributed by atoms with Gasteiger partial charge >= 0.3 is 0 Å². The predicted octanol–water partition coefficient (Wildman–Crippen LogP) is 6.97. The smallest absolute Gasteiger partial charge is 0.174 e. The molecule has 33 heavy (non-hydrogen) atoms. The van der Waals surface area contributed by atoms with Crippen molar-refractivity contribution in [2.24, 2.45) is 5.41 Å². The van der Waals surface area contributed by atoms with Crippen LogP contribution in [0.4, 0.5) is 5.69 Å². The largest absolute Gasteiger partial charge is 0.396 e. The predicted molar refractivity (Wildman–Crippen MR) is 144 cm³/mol. The summed E-state index contributed by atoms with van der Waals surface area (Å²) in [6.45, 7) is 14.0. The summed E-state index contributed by atoms with van der Waals surface area (Å²) in [7, 11) is -1.31. The number of unbranched alkanes of at least 4 members (excludes halogenated alkanes) is 2. The highest BCUT2D eigenvalue weighted by atomic mass is 28.3. The summed E-state index contributed by atoms with van der Waals surface area (Å²) in [6, 6.07) is 17.8. The molecule has 2 aromatic rings. The summed E-state index contributed by atoms with van der Waals surface area (Å²) in [5.41, 5.74) is 7.54. The molecule has 1 aliphatic heterocycles. The van der Waals surface area contributed by atoms with Gasteiger partial charge in [-0.15, -0.1) is 0 Å². The minimum Gasteiger partial charge on any atom is -0.396 e. The first-order chi connectivity index (χ1) is 15.7. The van der Waals surface area contributed by atoms with E-state index < -0.39 is 14.8 Å². The van der Waals surface area contributed by atoms with Crippen LogP contribution in [-0.4, -0.2) is 26.5 Å². The van der Waals surface area contributed by atoms with Crippen LogP contribution in [0.25, 0.3) is 5.57 Å². The van der Waals surface area contributed by atoms with Crippen LogP contribution >= 0.6 is 0 Å². The maximum Gasteiger partial charge on any atom is 0.174 e. The molecule has 180 valence electrons. The lowest BCUT2D eigenvalue weighted by molar-refractivity contribution is 0.126. The first kappa shape index (κ1) is 25.7. The van der Waals surface area contributed by atoms with Crippen molar-refractivity contribution in [3.05, 3.63) is 70.8 Å². The van der Waals surface area contributed by atoms with Gasteiger partial charge in [0.05, 0.1) is 0 Å². The Hall–Kier alpha value is -1.88. The minimum absolute atomic E-state index is 0.0348. The van der Waals surface area contributed by atoms with Crippen LogP contribution in [0, 0.1) is 5.41 Å². The molecule has 0 amide bonds. The number of benzene rings is 2. The van der Waals surface area contributed by atoms with Gasteiger partial charge < -0.3 is 14.8 Å². The Morgan fingerprint density at radius 3 is 2.15 bits per heavy atom. The van der Waals surface area contributed by atoms with Crippen molar-refractivity contribution >= 4 is 20.3 Å². The van der Waals surface area contributed by atoms with E-state index in [4.69, 9.17) is 9.53 Å². The van der Waals surface area contributed by atoms with E-state index in [0.29, 0.717) is 6.61 Å². The van der Waals surface area contributed by atoms with Gasteiger partial charge in [0.15, 0.2) is 14.8 Å². The van der Waals surface area contributed by atoms with Crippen LogP contribution in [-0.2, 0) is 17.3 Å². The molecule has 2 aromatic carbocycles. The number of nitrogens with one attached hydrogen (secondary N) is 1. The number of allylic oxidation sites excluding steroid dienone is 1. The monoisotopic (exact) mass is 465 g/mol. The summed E-state index contributed by atoms with van der Waals surface area (Å²) in [5.74, 6) is 0. The first-order valence-electron chi connectivity index (χ1n) is 12.6. The van der Waals surface area contributed by atoms with Gasteiger partial charge in [0.1, 0.15) is 0 Å². The highest BCUT2D eigenvalue weighted by molar-refractivity contribution is 6.48. The molecule has 0 saturated carbocycles. The minimum atomic E-state index is -1.31. The quantitative estimate of drug-likeness (QED) is 0.294. The van der Waals surface area contributed by atoms with E-state index in [2.05, 4.69) is 94.6 Å². The molecule has 0 aliphatic carbocycles. The lowest BCUT2D eigenvalue weighted by Crippen LogP contribution is -2.49. The highest BCUT2D eigenvalue weighted by Gasteiger charge is 2.42. The summed E-state index contributed by atoms with van der Waals surface area (Å²) in [5, 5.41) is 12.8. The van der Waals surface area contributed by atoms with Crippen molar-refractivity contribution in [1.29, 1.82) is 0 Å². The molecule has 3 nitrogen and oxygen atoms in total. The average molecular weight is 466 g/mol. The SMILES string of the molecule is CC1=C(C(C)(C)C)c2ccccc2NC1(CCc1ccc(CCCCCO)cc1)O[SiH](C)C. The number of fused-ring (bicyclic) bond motifs is 1. The summed E-state index contributed by atoms with van der Waals surface area (Å²) in [4.78, 5) is 0. The lowest BCUT2D eigenvalue weighted by atomic mass is 9.74. The fourth-order valence-corrected chi connectivity index (χ4v) is 6.29. The van der Waals surface area contributed by atoms with Crippen LogP contribution < -0.4 is 5.32 Å². The third kappa shape index (κ3) is 6.37. The number of aryl methyl sites for hydroxylation is 2. The van der Waals surface area contributed by atoms with Gasteiger partial charge in [0, 0.05) is 24.3 Å². The number of hydrogen-bond acceptors (Lipinski definition) is 3. The summed E-state index contributed by atoms with van der Waals surface area (Å²) < 4.78 is 6.84. The summed E-state index contributed by atoms with van der Waals surface area (Å²) in [6.07, 6.45) is 6.09. The molecular formula is C29H43NO2Si. The van der Waals surface area contributed by atoms with Crippen molar-refractivity contribution < 1.29 is 9.53 Å². The third-order valence-corrected chi connectivity index (χ3v) is 7.49. The van der Waals surface area contributed by atoms with Crippen molar-refractivity contribution in [1.82, 2.24) is 0 Å². The number of anilines is 1. The second-order valence-electron chi connectivity index (χ2n) is 10.8. The molecular weight excluding hydrogens is 422 g/mol. The Labute approximate surface area is 203 Å². The van der Waals surface area contributed by atoms with Crippen molar-refractivity contribution in [3.8, 4) is 0 Å². The second kappa shape index (κ2) is 11.0. The van der Waals surface area contributed by atoms with Crippen molar-refractivity contribution in [2.45, 2.75) is 85.0 Å². The summed E-state index contributed by atoms with van der Waals surface area (Å²) >= 11 is 0. The molecule has 3 rings (SSSR count). The fourth-order valence-electron chi connectivity index (χ4n) is 5.13. The van der Waals surface area contributed by atoms with E-state index in [1.54, 1.807) is 0 Å². The third-order valence-electron chi connectivity index (χ3n) is 6.61. The Morgan fingerprint density at radius 2 is 1.55 bits per heavy atom. The average Bonchev–Trinajstić information content (AvgIpc) is 2.75. The molecule has 0 radical (unpaired) electrons. The Kier molecular flexibility index (Phi) is 8.60. The molecule has 1 atom stereocenters. The fraction of sp³-hybridized carbons (Fsp3) is 0.517. The van der Waals surface area contributed by atoms with E-state index in [0.717, 1.165) is 38.5 Å². The first-order valence-corrected chi connectivity index (χ1v) is 15.4. The number of aliphatic hydroxyl groups excluding tert-OH is 1. The van der Waals surface area contributed by atoms with Crippen LogP contribution in [0.1, 0.15) is 70.1 Å². The number of rotatable bonds is 10. The molecule has 0 aromatic heterocycles. The van der Waals surface area contributed by atoms with Crippen molar-refractivity contribution in [2.75, 3.05) is 11.9 Å². The molecule has 4 heteroatoms.